The second-order valence-corrected chi connectivity index (χ2v) is 10.9. The minimum Gasteiger partial charge on any atom is -0.488 e. The average Bonchev–Trinajstić information content (AvgIpc) is 3.22. The Hall–Kier alpha value is -1.66. The Morgan fingerprint density at radius 2 is 1.82 bits per heavy atom. The molecule has 0 aliphatic heterocycles. The number of rotatable bonds is 8. The van der Waals surface area contributed by atoms with Crippen molar-refractivity contribution in [3.8, 4) is 5.75 Å². The topological polar surface area (TPSA) is 71.5 Å². The van der Waals surface area contributed by atoms with Crippen LogP contribution < -0.4 is 10.1 Å². The number of aromatic nitrogens is 1. The molecule has 2 aromatic rings. The molecule has 1 unspecified atom stereocenters. The fourth-order valence-electron chi connectivity index (χ4n) is 3.98. The highest BCUT2D eigenvalue weighted by atomic mass is 32.1. The highest BCUT2D eigenvalue weighted by Gasteiger charge is 2.17. The van der Waals surface area contributed by atoms with Crippen molar-refractivity contribution in [3.05, 3.63) is 23.2 Å². The average molecular weight is 493 g/mol. The summed E-state index contributed by atoms with van der Waals surface area (Å²) < 4.78 is 7.54. The fourth-order valence-corrected chi connectivity index (χ4v) is 4.77. The van der Waals surface area contributed by atoms with E-state index in [9.17, 15) is 4.79 Å². The molecule has 3 rings (SSSR count). The third-order valence-electron chi connectivity index (χ3n) is 5.67. The van der Waals surface area contributed by atoms with E-state index >= 15 is 0 Å². The number of aliphatic hydroxyl groups excluding tert-OH is 1. The normalized spacial score (nSPS) is 14.8. The number of benzene rings is 1. The lowest BCUT2D eigenvalue weighted by Crippen LogP contribution is -2.34. The molecule has 1 saturated carbocycles. The molecule has 0 spiro atoms. The Labute approximate surface area is 211 Å². The fraction of sp³-hybridized carbons (Fsp3) is 0.714. The van der Waals surface area contributed by atoms with E-state index in [0.29, 0.717) is 12.0 Å². The van der Waals surface area contributed by atoms with Crippen LogP contribution in [-0.4, -0.2) is 34.2 Å². The number of hydrogen-bond acceptors (Lipinski definition) is 5. The minimum absolute atomic E-state index is 0.118. The summed E-state index contributed by atoms with van der Waals surface area (Å²) in [6.45, 7) is 13.9. The van der Waals surface area contributed by atoms with Crippen molar-refractivity contribution >= 4 is 27.5 Å². The van der Waals surface area contributed by atoms with Crippen LogP contribution in [0.4, 0.5) is 0 Å². The highest BCUT2D eigenvalue weighted by Crippen LogP contribution is 2.31. The maximum Gasteiger partial charge on any atom is 0.217 e. The Balaban J connectivity index is 0.000000343. The number of thiazole rings is 1. The second kappa shape index (κ2) is 16.9. The number of hydrogen-bond donors (Lipinski definition) is 2. The molecular formula is C28H48N2O3S. The van der Waals surface area contributed by atoms with E-state index in [1.165, 1.54) is 61.6 Å². The number of carbonyl (C=O) groups is 1. The maximum absolute atomic E-state index is 10.6. The molecule has 2 N–H and O–H groups in total. The van der Waals surface area contributed by atoms with Crippen molar-refractivity contribution in [2.75, 3.05) is 0 Å². The summed E-state index contributed by atoms with van der Waals surface area (Å²) in [6, 6.07) is 4.78. The van der Waals surface area contributed by atoms with Crippen LogP contribution in [0, 0.1) is 12.8 Å². The van der Waals surface area contributed by atoms with Crippen LogP contribution in [0.5, 0.6) is 5.75 Å². The maximum atomic E-state index is 10.6. The van der Waals surface area contributed by atoms with E-state index in [-0.39, 0.29) is 18.1 Å². The molecule has 1 amide bonds. The molecule has 1 aromatic carbocycles. The van der Waals surface area contributed by atoms with Crippen molar-refractivity contribution < 1.29 is 14.6 Å². The van der Waals surface area contributed by atoms with Crippen molar-refractivity contribution in [2.45, 2.75) is 125 Å². The van der Waals surface area contributed by atoms with Gasteiger partial charge >= 0.3 is 0 Å². The van der Waals surface area contributed by atoms with Gasteiger partial charge in [0.05, 0.1) is 10.2 Å². The summed E-state index contributed by atoms with van der Waals surface area (Å²) in [5.74, 6) is 1.60. The third-order valence-corrected chi connectivity index (χ3v) is 6.45. The third kappa shape index (κ3) is 12.7. The molecule has 1 aliphatic carbocycles. The zero-order chi connectivity index (χ0) is 25.5. The van der Waals surface area contributed by atoms with E-state index in [4.69, 9.17) is 9.84 Å². The number of aryl methyl sites for hydroxylation is 1. The molecule has 1 atom stereocenters. The number of ether oxygens (including phenoxy) is 1. The summed E-state index contributed by atoms with van der Waals surface area (Å²) in [7, 11) is 0. The van der Waals surface area contributed by atoms with Crippen molar-refractivity contribution in [1.82, 2.24) is 10.3 Å². The lowest BCUT2D eigenvalue weighted by molar-refractivity contribution is -0.119. The summed E-state index contributed by atoms with van der Waals surface area (Å²) >= 11 is 1.68. The Morgan fingerprint density at radius 1 is 1.18 bits per heavy atom. The van der Waals surface area contributed by atoms with E-state index < -0.39 is 0 Å². The first kappa shape index (κ1) is 30.4. The van der Waals surface area contributed by atoms with Crippen molar-refractivity contribution in [1.29, 1.82) is 0 Å². The molecule has 1 aromatic heterocycles. The van der Waals surface area contributed by atoms with Crippen molar-refractivity contribution in [3.63, 3.8) is 0 Å². The van der Waals surface area contributed by atoms with Gasteiger partial charge < -0.3 is 15.2 Å². The number of nitrogens with one attached hydrogen (secondary N) is 1. The molecular weight excluding hydrogens is 444 g/mol. The number of amides is 1. The largest absolute Gasteiger partial charge is 0.488 e. The van der Waals surface area contributed by atoms with Crippen LogP contribution >= 0.6 is 11.3 Å². The molecule has 0 saturated heterocycles. The number of aliphatic hydroxyl groups is 1. The summed E-state index contributed by atoms with van der Waals surface area (Å²) in [4.78, 5) is 15.1. The quantitative estimate of drug-likeness (QED) is 0.376. The van der Waals surface area contributed by atoms with E-state index in [0.717, 1.165) is 17.7 Å². The van der Waals surface area contributed by atoms with Gasteiger partial charge in [-0.1, -0.05) is 52.9 Å². The van der Waals surface area contributed by atoms with Gasteiger partial charge in [-0.3, -0.25) is 4.79 Å². The first-order chi connectivity index (χ1) is 16.1. The van der Waals surface area contributed by atoms with Gasteiger partial charge in [0.25, 0.3) is 0 Å². The second-order valence-electron chi connectivity index (χ2n) is 9.99. The van der Waals surface area contributed by atoms with Gasteiger partial charge in [-0.05, 0) is 70.1 Å². The first-order valence-electron chi connectivity index (χ1n) is 13.1. The summed E-state index contributed by atoms with van der Waals surface area (Å²) in [5, 5.41) is 11.0. The molecule has 1 fully saturated rings. The van der Waals surface area contributed by atoms with Crippen molar-refractivity contribution in [2.24, 2.45) is 5.92 Å². The standard InChI is InChI=1S/C17H25NOS.C8H15NO.C3H8O/c1-5-6-7-8-14(12(2)3)19-15-9-13(4)10-16-17(15)18-11-20-16;1-7(10)9-8-5-3-2-4-6-8;1-3(2)4/h9-12,14H,5-8H2,1-4H3;8H,2-6H2,1H3,(H,9,10);3-4H,1-2H3. The Kier molecular flexibility index (Phi) is 15.1. The van der Waals surface area contributed by atoms with Gasteiger partial charge in [0.2, 0.25) is 5.91 Å². The van der Waals surface area contributed by atoms with Gasteiger partial charge in [-0.2, -0.15) is 0 Å². The van der Waals surface area contributed by atoms with Crippen LogP contribution in [0.25, 0.3) is 10.2 Å². The van der Waals surface area contributed by atoms with Gasteiger partial charge in [0.1, 0.15) is 17.4 Å². The van der Waals surface area contributed by atoms with Gasteiger partial charge in [-0.25, -0.2) is 4.98 Å². The monoisotopic (exact) mass is 492 g/mol. The highest BCUT2D eigenvalue weighted by molar-refractivity contribution is 7.16. The molecule has 194 valence electrons. The molecule has 1 heterocycles. The lowest BCUT2D eigenvalue weighted by Gasteiger charge is -2.23. The predicted molar refractivity (Wildman–Crippen MR) is 146 cm³/mol. The number of fused-ring (bicyclic) bond motifs is 1. The number of unbranched alkanes of at least 4 members (excludes halogenated alkanes) is 2. The zero-order valence-corrected chi connectivity index (χ0v) is 23.3. The lowest BCUT2D eigenvalue weighted by atomic mass is 9.95. The van der Waals surface area contributed by atoms with E-state index in [2.05, 4.69) is 50.1 Å². The van der Waals surface area contributed by atoms with Crippen LogP contribution in [0.15, 0.2) is 17.6 Å². The van der Waals surface area contributed by atoms with E-state index in [1.54, 1.807) is 32.1 Å². The Bertz CT molecular complexity index is 810. The Morgan fingerprint density at radius 3 is 2.38 bits per heavy atom. The first-order valence-corrected chi connectivity index (χ1v) is 14.0. The van der Waals surface area contributed by atoms with Crippen LogP contribution in [0.3, 0.4) is 0 Å². The SMILES string of the molecule is CC(=O)NC1CCCCC1.CC(C)O.CCCCCC(Oc1cc(C)cc2scnc12)C(C)C. The van der Waals surface area contributed by atoms with Crippen LogP contribution in [-0.2, 0) is 4.79 Å². The van der Waals surface area contributed by atoms with Crippen LogP contribution in [0.1, 0.15) is 105 Å². The molecule has 34 heavy (non-hydrogen) atoms. The van der Waals surface area contributed by atoms with Crippen LogP contribution in [0.2, 0.25) is 0 Å². The molecule has 1 aliphatic rings. The molecule has 6 heteroatoms. The summed E-state index contributed by atoms with van der Waals surface area (Å²) in [5.41, 5.74) is 4.16. The smallest absolute Gasteiger partial charge is 0.217 e. The number of nitrogens with zero attached hydrogens (tertiary/aromatic N) is 1. The van der Waals surface area contributed by atoms with Gasteiger partial charge in [0.15, 0.2) is 0 Å². The molecule has 0 radical (unpaired) electrons. The minimum atomic E-state index is -0.167. The van der Waals surface area contributed by atoms with Gasteiger partial charge in [0, 0.05) is 19.1 Å². The summed E-state index contributed by atoms with van der Waals surface area (Å²) in [6.07, 6.45) is 11.3. The predicted octanol–water partition coefficient (Wildman–Crippen LogP) is 7.43. The zero-order valence-electron chi connectivity index (χ0n) is 22.5. The molecule has 0 bridgehead atoms. The number of carbonyl (C=O) groups excluding carboxylic acids is 1. The van der Waals surface area contributed by atoms with E-state index in [1.807, 2.05) is 5.51 Å². The van der Waals surface area contributed by atoms with Gasteiger partial charge in [-0.15, -0.1) is 11.3 Å². The molecule has 5 nitrogen and oxygen atoms in total.